The van der Waals surface area contributed by atoms with Crippen molar-refractivity contribution in [2.24, 2.45) is 0 Å². The predicted molar refractivity (Wildman–Crippen MR) is 77.5 cm³/mol. The van der Waals surface area contributed by atoms with E-state index in [0.29, 0.717) is 11.5 Å². The molecule has 0 saturated carbocycles. The number of methoxy groups -OCH3 is 2. The summed E-state index contributed by atoms with van der Waals surface area (Å²) in [4.78, 5) is 11.1. The predicted octanol–water partition coefficient (Wildman–Crippen LogP) is 3.13. The molecule has 1 rings (SSSR count). The summed E-state index contributed by atoms with van der Waals surface area (Å²) < 4.78 is 15.9. The summed E-state index contributed by atoms with van der Waals surface area (Å²) in [5.41, 5.74) is 0.893. The van der Waals surface area contributed by atoms with Crippen molar-refractivity contribution in [2.75, 3.05) is 14.2 Å². The van der Waals surface area contributed by atoms with Crippen LogP contribution in [0.5, 0.6) is 11.5 Å². The second-order valence-corrected chi connectivity index (χ2v) is 5.79. The zero-order valence-corrected chi connectivity index (χ0v) is 13.1. The Morgan fingerprint density at radius 1 is 1.22 bits per heavy atom. The highest BCUT2D eigenvalue weighted by Crippen LogP contribution is 2.34. The molecule has 2 atom stereocenters. The van der Waals surface area contributed by atoms with Gasteiger partial charge >= 0.3 is 5.97 Å². The van der Waals surface area contributed by atoms with Gasteiger partial charge in [-0.1, -0.05) is 28.7 Å². The molecule has 0 N–H and O–H groups in total. The van der Waals surface area contributed by atoms with Crippen LogP contribution >= 0.6 is 22.6 Å². The van der Waals surface area contributed by atoms with E-state index in [2.05, 4.69) is 22.6 Å². The van der Waals surface area contributed by atoms with Crippen molar-refractivity contribution in [1.29, 1.82) is 0 Å². The minimum Gasteiger partial charge on any atom is -0.493 e. The third-order valence-corrected chi connectivity index (χ3v) is 3.10. The Hall–Kier alpha value is -0.980. The maximum absolute atomic E-state index is 11.1. The fourth-order valence-electron chi connectivity index (χ4n) is 1.64. The first kappa shape index (κ1) is 15.1. The van der Waals surface area contributed by atoms with Crippen molar-refractivity contribution in [3.05, 3.63) is 23.8 Å². The first-order valence-corrected chi connectivity index (χ1v) is 6.77. The molecule has 5 heteroatoms. The zero-order chi connectivity index (χ0) is 13.7. The fraction of sp³-hybridized carbons (Fsp3) is 0.462. The lowest BCUT2D eigenvalue weighted by Crippen LogP contribution is -2.16. The third-order valence-electron chi connectivity index (χ3n) is 2.45. The van der Waals surface area contributed by atoms with E-state index in [9.17, 15) is 4.79 Å². The van der Waals surface area contributed by atoms with Gasteiger partial charge in [-0.15, -0.1) is 0 Å². The van der Waals surface area contributed by atoms with Gasteiger partial charge in [0.1, 0.15) is 6.10 Å². The molecule has 0 aromatic heterocycles. The number of carbonyl (C=O) groups is 1. The van der Waals surface area contributed by atoms with E-state index >= 15 is 0 Å². The molecule has 2 unspecified atom stereocenters. The molecule has 0 amide bonds. The summed E-state index contributed by atoms with van der Waals surface area (Å²) in [6.07, 6.45) is -0.289. The van der Waals surface area contributed by atoms with Gasteiger partial charge < -0.3 is 14.2 Å². The Bertz CT molecular complexity index is 417. The number of hydrogen-bond donors (Lipinski definition) is 0. The quantitative estimate of drug-likeness (QED) is 0.458. The Morgan fingerprint density at radius 2 is 1.83 bits per heavy atom. The molecule has 0 aliphatic heterocycles. The average Bonchev–Trinajstić information content (AvgIpc) is 2.34. The second-order valence-electron chi connectivity index (χ2n) is 3.82. The molecular formula is C13H17IO4. The van der Waals surface area contributed by atoms with Gasteiger partial charge in [-0.2, -0.15) is 0 Å². The summed E-state index contributed by atoms with van der Waals surface area (Å²) >= 11 is 2.23. The highest BCUT2D eigenvalue weighted by atomic mass is 127. The van der Waals surface area contributed by atoms with Crippen molar-refractivity contribution in [1.82, 2.24) is 0 Å². The van der Waals surface area contributed by atoms with Crippen LogP contribution in [0, 0.1) is 0 Å². The van der Waals surface area contributed by atoms with E-state index in [1.54, 1.807) is 14.2 Å². The van der Waals surface area contributed by atoms with E-state index in [0.717, 1.165) is 5.56 Å². The number of esters is 1. The van der Waals surface area contributed by atoms with E-state index in [1.807, 2.05) is 25.1 Å². The van der Waals surface area contributed by atoms with Crippen LogP contribution < -0.4 is 9.47 Å². The molecule has 1 aromatic rings. The van der Waals surface area contributed by atoms with Crippen LogP contribution in [0.4, 0.5) is 0 Å². The Labute approximate surface area is 121 Å². The number of rotatable bonds is 5. The van der Waals surface area contributed by atoms with Crippen molar-refractivity contribution in [3.8, 4) is 11.5 Å². The molecule has 0 aliphatic carbocycles. The lowest BCUT2D eigenvalue weighted by molar-refractivity contribution is -0.146. The summed E-state index contributed by atoms with van der Waals surface area (Å²) in [5.74, 6) is 0.992. The van der Waals surface area contributed by atoms with E-state index in [-0.39, 0.29) is 16.0 Å². The molecule has 0 saturated heterocycles. The largest absolute Gasteiger partial charge is 0.493 e. The highest BCUT2D eigenvalue weighted by Gasteiger charge is 2.21. The number of ether oxygens (including phenoxy) is 3. The SMILES string of the molecule is COc1ccc(C(OC(C)=O)C(C)I)cc1OC. The minimum absolute atomic E-state index is 0.157. The van der Waals surface area contributed by atoms with Gasteiger partial charge in [0.05, 0.1) is 14.2 Å². The summed E-state index contributed by atoms with van der Waals surface area (Å²) in [6.45, 7) is 3.40. The third kappa shape index (κ3) is 3.76. The lowest BCUT2D eigenvalue weighted by Gasteiger charge is -2.21. The fourth-order valence-corrected chi connectivity index (χ4v) is 2.20. The summed E-state index contributed by atoms with van der Waals surface area (Å²) in [7, 11) is 3.16. The topological polar surface area (TPSA) is 44.8 Å². The number of alkyl halides is 1. The number of halogens is 1. The molecule has 0 bridgehead atoms. The molecule has 0 spiro atoms. The van der Waals surface area contributed by atoms with Crippen molar-refractivity contribution in [3.63, 3.8) is 0 Å². The Morgan fingerprint density at radius 3 is 2.28 bits per heavy atom. The van der Waals surface area contributed by atoms with Gasteiger partial charge in [-0.3, -0.25) is 4.79 Å². The Balaban J connectivity index is 3.09. The van der Waals surface area contributed by atoms with Gasteiger partial charge in [-0.25, -0.2) is 0 Å². The highest BCUT2D eigenvalue weighted by molar-refractivity contribution is 14.1. The van der Waals surface area contributed by atoms with Crippen LogP contribution in [0.25, 0.3) is 0 Å². The first-order chi connectivity index (χ1) is 8.49. The van der Waals surface area contributed by atoms with Crippen molar-refractivity contribution >= 4 is 28.6 Å². The van der Waals surface area contributed by atoms with Gasteiger partial charge in [0.2, 0.25) is 0 Å². The maximum atomic E-state index is 11.1. The van der Waals surface area contributed by atoms with Crippen molar-refractivity contribution < 1.29 is 19.0 Å². The summed E-state index contributed by atoms with van der Waals surface area (Å²) in [6, 6.07) is 5.52. The van der Waals surface area contributed by atoms with Crippen LogP contribution in [0.2, 0.25) is 0 Å². The lowest BCUT2D eigenvalue weighted by atomic mass is 10.1. The molecule has 4 nitrogen and oxygen atoms in total. The smallest absolute Gasteiger partial charge is 0.303 e. The van der Waals surface area contributed by atoms with Crippen LogP contribution in [-0.2, 0) is 9.53 Å². The minimum atomic E-state index is -0.293. The molecule has 0 fully saturated rings. The first-order valence-electron chi connectivity index (χ1n) is 5.52. The number of benzene rings is 1. The van der Waals surface area contributed by atoms with Gasteiger partial charge in [0, 0.05) is 10.8 Å². The van der Waals surface area contributed by atoms with E-state index < -0.39 is 0 Å². The van der Waals surface area contributed by atoms with Crippen LogP contribution in [0.15, 0.2) is 18.2 Å². The van der Waals surface area contributed by atoms with Crippen LogP contribution in [0.3, 0.4) is 0 Å². The summed E-state index contributed by atoms with van der Waals surface area (Å²) in [5, 5.41) is 0. The normalized spacial score (nSPS) is 13.6. The van der Waals surface area contributed by atoms with E-state index in [4.69, 9.17) is 14.2 Å². The standard InChI is InChI=1S/C13H17IO4/c1-8(14)13(18-9(2)15)10-5-6-11(16-3)12(7-10)17-4/h5-8,13H,1-4H3. The van der Waals surface area contributed by atoms with Gasteiger partial charge in [-0.05, 0) is 24.6 Å². The average molecular weight is 364 g/mol. The number of hydrogen-bond acceptors (Lipinski definition) is 4. The van der Waals surface area contributed by atoms with Gasteiger partial charge in [0.25, 0.3) is 0 Å². The molecular weight excluding hydrogens is 347 g/mol. The molecule has 18 heavy (non-hydrogen) atoms. The monoisotopic (exact) mass is 364 g/mol. The molecule has 0 aliphatic rings. The molecule has 0 radical (unpaired) electrons. The second kappa shape index (κ2) is 6.82. The van der Waals surface area contributed by atoms with Gasteiger partial charge in [0.15, 0.2) is 11.5 Å². The van der Waals surface area contributed by atoms with E-state index in [1.165, 1.54) is 6.92 Å². The van der Waals surface area contributed by atoms with Crippen LogP contribution in [-0.4, -0.2) is 24.1 Å². The molecule has 0 heterocycles. The maximum Gasteiger partial charge on any atom is 0.303 e. The molecule has 1 aromatic carbocycles. The number of carbonyl (C=O) groups excluding carboxylic acids is 1. The molecule has 100 valence electrons. The van der Waals surface area contributed by atoms with Crippen LogP contribution in [0.1, 0.15) is 25.5 Å². The zero-order valence-electron chi connectivity index (χ0n) is 10.9. The Kier molecular flexibility index (Phi) is 5.71. The van der Waals surface area contributed by atoms with Crippen molar-refractivity contribution in [2.45, 2.75) is 23.9 Å².